The van der Waals surface area contributed by atoms with Crippen LogP contribution in [0.1, 0.15) is 22.1 Å². The Hall–Kier alpha value is -3.29. The molecule has 3 aromatic rings. The van der Waals surface area contributed by atoms with Crippen LogP contribution >= 0.6 is 11.3 Å². The highest BCUT2D eigenvalue weighted by atomic mass is 32.1. The lowest BCUT2D eigenvalue weighted by Gasteiger charge is -2.27. The minimum Gasteiger partial charge on any atom is -0.403 e. The monoisotopic (exact) mass is 472 g/mol. The molecule has 0 saturated heterocycles. The zero-order valence-corrected chi connectivity index (χ0v) is 17.2. The summed E-state index contributed by atoms with van der Waals surface area (Å²) in [4.78, 5) is 31.6. The van der Waals surface area contributed by atoms with Gasteiger partial charge in [-0.15, -0.1) is 13.2 Å². The van der Waals surface area contributed by atoms with Crippen molar-refractivity contribution in [2.24, 2.45) is 5.84 Å². The number of amides is 1. The Bertz CT molecular complexity index is 1150. The van der Waals surface area contributed by atoms with Crippen molar-refractivity contribution >= 4 is 17.2 Å². The van der Waals surface area contributed by atoms with E-state index in [-0.39, 0.29) is 23.7 Å². The van der Waals surface area contributed by atoms with Crippen LogP contribution in [0.25, 0.3) is 11.4 Å². The first kappa shape index (κ1) is 23.4. The third-order valence-corrected chi connectivity index (χ3v) is 4.90. The fourth-order valence-corrected chi connectivity index (χ4v) is 3.44. The molecule has 32 heavy (non-hydrogen) atoms. The van der Waals surface area contributed by atoms with Gasteiger partial charge in [-0.25, -0.2) is 15.2 Å². The first-order valence-corrected chi connectivity index (χ1v) is 9.79. The second-order valence-corrected chi connectivity index (χ2v) is 7.19. The van der Waals surface area contributed by atoms with Crippen LogP contribution in [0.3, 0.4) is 0 Å². The Morgan fingerprint density at radius 3 is 2.66 bits per heavy atom. The molecule has 1 aromatic carbocycles. The zero-order valence-electron chi connectivity index (χ0n) is 16.4. The third kappa shape index (κ3) is 5.49. The number of ether oxygens (including phenoxy) is 2. The van der Waals surface area contributed by atoms with Crippen molar-refractivity contribution in [2.45, 2.75) is 12.4 Å². The lowest BCUT2D eigenvalue weighted by molar-refractivity contribution is -0.275. The predicted octanol–water partition coefficient (Wildman–Crippen LogP) is 3.24. The van der Waals surface area contributed by atoms with E-state index in [9.17, 15) is 27.2 Å². The van der Waals surface area contributed by atoms with Gasteiger partial charge in [-0.05, 0) is 29.1 Å². The molecule has 0 saturated carbocycles. The lowest BCUT2D eigenvalue weighted by atomic mass is 10.1. The maximum atomic E-state index is 14.2. The van der Waals surface area contributed by atoms with Gasteiger partial charge in [0, 0.05) is 24.1 Å². The molecule has 8 nitrogen and oxygen atoms in total. The molecule has 0 bridgehead atoms. The number of aromatic amines is 1. The van der Waals surface area contributed by atoms with Crippen LogP contribution in [0.2, 0.25) is 0 Å². The average molecular weight is 472 g/mol. The van der Waals surface area contributed by atoms with Gasteiger partial charge in [0.05, 0.1) is 12.6 Å². The number of H-pyrrole nitrogens is 1. The summed E-state index contributed by atoms with van der Waals surface area (Å²) in [6.07, 6.45) is -5.07. The van der Waals surface area contributed by atoms with Crippen molar-refractivity contribution in [3.63, 3.8) is 0 Å². The minimum absolute atomic E-state index is 0.0395. The molecule has 170 valence electrons. The number of rotatable bonds is 7. The molecule has 0 fully saturated rings. The van der Waals surface area contributed by atoms with E-state index in [0.717, 1.165) is 24.3 Å². The van der Waals surface area contributed by atoms with Crippen LogP contribution in [0.15, 0.2) is 45.9 Å². The Labute approximate surface area is 182 Å². The van der Waals surface area contributed by atoms with Gasteiger partial charge in [0.25, 0.3) is 11.5 Å². The van der Waals surface area contributed by atoms with Crippen LogP contribution in [-0.4, -0.2) is 41.0 Å². The molecule has 0 aliphatic heterocycles. The molecular weight excluding hydrogens is 456 g/mol. The second-order valence-electron chi connectivity index (χ2n) is 6.41. The largest absolute Gasteiger partial charge is 0.573 e. The number of hydrogen-bond donors (Lipinski definition) is 2. The van der Waals surface area contributed by atoms with E-state index in [1.165, 1.54) is 18.4 Å². The molecular formula is C19H16F4N4O4S. The van der Waals surface area contributed by atoms with Gasteiger partial charge in [0.15, 0.2) is 11.6 Å². The van der Waals surface area contributed by atoms with E-state index in [1.54, 1.807) is 16.8 Å². The molecule has 0 spiro atoms. The quantitative estimate of drug-likeness (QED) is 0.236. The van der Waals surface area contributed by atoms with Crippen molar-refractivity contribution in [3.05, 3.63) is 68.5 Å². The van der Waals surface area contributed by atoms with Gasteiger partial charge >= 0.3 is 6.36 Å². The number of carbonyl (C=O) groups excluding carboxylic acids is 1. The number of halogens is 4. The Kier molecular flexibility index (Phi) is 6.91. The molecule has 0 radical (unpaired) electrons. The van der Waals surface area contributed by atoms with E-state index in [2.05, 4.69) is 14.7 Å². The average Bonchev–Trinajstić information content (AvgIpc) is 3.26. The molecule has 2 heterocycles. The number of aromatic nitrogens is 2. The van der Waals surface area contributed by atoms with Gasteiger partial charge in [-0.1, -0.05) is 6.07 Å². The van der Waals surface area contributed by atoms with Crippen LogP contribution in [0, 0.1) is 5.82 Å². The smallest absolute Gasteiger partial charge is 0.403 e. The number of hydrazine groups is 1. The molecule has 1 atom stereocenters. The number of nitrogens with two attached hydrogens (primary N) is 1. The Morgan fingerprint density at radius 1 is 1.31 bits per heavy atom. The van der Waals surface area contributed by atoms with E-state index in [4.69, 9.17) is 10.6 Å². The van der Waals surface area contributed by atoms with E-state index in [0.29, 0.717) is 10.6 Å². The number of thiophene rings is 1. The summed E-state index contributed by atoms with van der Waals surface area (Å²) < 4.78 is 59.9. The molecule has 1 amide bonds. The molecule has 2 aromatic heterocycles. The minimum atomic E-state index is -5.07. The normalized spacial score (nSPS) is 12.4. The number of methoxy groups -OCH3 is 1. The predicted molar refractivity (Wildman–Crippen MR) is 106 cm³/mol. The molecule has 3 rings (SSSR count). The number of hydrogen-bond acceptors (Lipinski definition) is 7. The molecule has 0 aliphatic rings. The Balaban J connectivity index is 1.91. The third-order valence-electron chi connectivity index (χ3n) is 4.22. The van der Waals surface area contributed by atoms with Crippen LogP contribution in [0.5, 0.6) is 5.75 Å². The number of carbonyl (C=O) groups is 1. The van der Waals surface area contributed by atoms with Crippen LogP contribution in [-0.2, 0) is 4.74 Å². The maximum Gasteiger partial charge on any atom is 0.573 e. The van der Waals surface area contributed by atoms with Crippen molar-refractivity contribution in [2.75, 3.05) is 13.7 Å². The number of nitrogens with zero attached hydrogens (tertiary/aromatic N) is 2. The first-order chi connectivity index (χ1) is 15.1. The van der Waals surface area contributed by atoms with Gasteiger partial charge in [-0.2, -0.15) is 11.3 Å². The molecule has 3 N–H and O–H groups in total. The van der Waals surface area contributed by atoms with E-state index >= 15 is 0 Å². The standard InChI is InChI=1S/C19H16F4N4O4S/c1-30-8-14(10-2-3-15(12(20)6-10)31-19(21,22)23)27(24)18(29)13-7-16(28)26-17(25-13)11-4-5-32-9-11/h2-7,9,14H,8,24H2,1H3,(H,25,26,28). The molecule has 13 heteroatoms. The fraction of sp³-hybridized carbons (Fsp3) is 0.211. The zero-order chi connectivity index (χ0) is 23.5. The SMILES string of the molecule is COCC(c1ccc(OC(F)(F)F)c(F)c1)N(N)C(=O)c1cc(=O)[nH]c(-c2ccsc2)n1. The maximum absolute atomic E-state index is 14.2. The summed E-state index contributed by atoms with van der Waals surface area (Å²) in [7, 11) is 1.29. The molecule has 1 unspecified atom stereocenters. The fourth-order valence-electron chi connectivity index (χ4n) is 2.80. The van der Waals surface area contributed by atoms with E-state index in [1.807, 2.05) is 0 Å². The lowest BCUT2D eigenvalue weighted by Crippen LogP contribution is -2.43. The van der Waals surface area contributed by atoms with E-state index < -0.39 is 35.4 Å². The van der Waals surface area contributed by atoms with Gasteiger partial charge in [-0.3, -0.25) is 14.6 Å². The summed E-state index contributed by atoms with van der Waals surface area (Å²) in [5.74, 6) is 2.86. The van der Waals surface area contributed by atoms with Crippen molar-refractivity contribution in [1.29, 1.82) is 0 Å². The second kappa shape index (κ2) is 9.46. The Morgan fingerprint density at radius 2 is 2.06 bits per heavy atom. The van der Waals surface area contributed by atoms with Crippen LogP contribution < -0.4 is 16.1 Å². The first-order valence-electron chi connectivity index (χ1n) is 8.85. The highest BCUT2D eigenvalue weighted by molar-refractivity contribution is 7.08. The number of alkyl halides is 3. The van der Waals surface area contributed by atoms with Gasteiger partial charge < -0.3 is 14.5 Å². The van der Waals surface area contributed by atoms with Crippen molar-refractivity contribution in [1.82, 2.24) is 15.0 Å². The summed E-state index contributed by atoms with van der Waals surface area (Å²) in [5.41, 5.74) is -0.254. The summed E-state index contributed by atoms with van der Waals surface area (Å²) in [6, 6.07) is 4.16. The highest BCUT2D eigenvalue weighted by Gasteiger charge is 2.33. The topological polar surface area (TPSA) is 111 Å². The summed E-state index contributed by atoms with van der Waals surface area (Å²) in [5, 5.41) is 4.14. The van der Waals surface area contributed by atoms with Crippen molar-refractivity contribution in [3.8, 4) is 17.1 Å². The summed E-state index contributed by atoms with van der Waals surface area (Å²) in [6.45, 7) is -0.221. The van der Waals surface area contributed by atoms with Gasteiger partial charge in [0.1, 0.15) is 11.5 Å². The number of nitrogens with one attached hydrogen (secondary N) is 1. The van der Waals surface area contributed by atoms with Gasteiger partial charge in [0.2, 0.25) is 0 Å². The highest BCUT2D eigenvalue weighted by Crippen LogP contribution is 2.29. The van der Waals surface area contributed by atoms with Crippen molar-refractivity contribution < 1.29 is 31.8 Å². The summed E-state index contributed by atoms with van der Waals surface area (Å²) >= 11 is 1.36. The van der Waals surface area contributed by atoms with Crippen LogP contribution in [0.4, 0.5) is 17.6 Å². The molecule has 0 aliphatic carbocycles. The number of benzene rings is 1.